The van der Waals surface area contributed by atoms with Gasteiger partial charge in [-0.15, -0.1) is 0 Å². The molecule has 0 unspecified atom stereocenters. The van der Waals surface area contributed by atoms with Crippen molar-refractivity contribution < 1.29 is 28.5 Å². The van der Waals surface area contributed by atoms with Crippen LogP contribution >= 0.6 is 0 Å². The van der Waals surface area contributed by atoms with E-state index in [0.717, 1.165) is 38.8 Å². The molecule has 2 amide bonds. The van der Waals surface area contributed by atoms with Crippen LogP contribution in [-0.4, -0.2) is 101 Å². The lowest BCUT2D eigenvalue weighted by Gasteiger charge is -2.27. The summed E-state index contributed by atoms with van der Waals surface area (Å²) in [5.74, 6) is 0.00179. The van der Waals surface area contributed by atoms with E-state index in [2.05, 4.69) is 13.8 Å². The fraction of sp³-hybridized carbons (Fsp3) is 0.935. The van der Waals surface area contributed by atoms with E-state index in [4.69, 9.17) is 18.9 Å². The molecule has 8 nitrogen and oxygen atoms in total. The fourth-order valence-corrected chi connectivity index (χ4v) is 4.23. The number of hydrogen-bond donors (Lipinski definition) is 0. The Morgan fingerprint density at radius 3 is 1.28 bits per heavy atom. The molecule has 0 aliphatic carbocycles. The first-order valence-corrected chi connectivity index (χ1v) is 15.7. The zero-order chi connectivity index (χ0) is 29.2. The maximum absolute atomic E-state index is 12.8. The molecule has 39 heavy (non-hydrogen) atoms. The quantitative estimate of drug-likeness (QED) is 0.114. The number of unbranched alkanes of at least 4 members (excludes halogenated alkanes) is 8. The summed E-state index contributed by atoms with van der Waals surface area (Å²) in [6.45, 7) is 18.3. The zero-order valence-corrected chi connectivity index (χ0v) is 26.4. The summed E-state index contributed by atoms with van der Waals surface area (Å²) >= 11 is 0. The van der Waals surface area contributed by atoms with Crippen molar-refractivity contribution in [2.24, 2.45) is 5.41 Å². The number of nitrogens with zero attached hydrogens (tertiary/aromatic N) is 2. The standard InChI is InChI=1S/C31H62N2O6/c1-7-11-13-15-17-19-32(21-23-36-9-3)29(34)25-38-27-31(5,6)28-39-26-30(35)33(22-24-37-10-4)20-18-16-14-12-8-2/h7-28H2,1-6H3. The number of carbonyl (C=O) groups excluding carboxylic acids is 2. The second-order valence-electron chi connectivity index (χ2n) is 11.1. The number of amides is 2. The molecule has 0 rings (SSSR count). The summed E-state index contributed by atoms with van der Waals surface area (Å²) in [5, 5.41) is 0. The second-order valence-corrected chi connectivity index (χ2v) is 11.1. The predicted molar refractivity (Wildman–Crippen MR) is 159 cm³/mol. The van der Waals surface area contributed by atoms with Gasteiger partial charge in [-0.25, -0.2) is 0 Å². The zero-order valence-electron chi connectivity index (χ0n) is 26.4. The molecule has 232 valence electrons. The van der Waals surface area contributed by atoms with Gasteiger partial charge >= 0.3 is 0 Å². The van der Waals surface area contributed by atoms with Crippen LogP contribution < -0.4 is 0 Å². The van der Waals surface area contributed by atoms with Gasteiger partial charge in [0.15, 0.2) is 0 Å². The normalized spacial score (nSPS) is 11.6. The molecule has 0 saturated carbocycles. The Hall–Kier alpha value is -1.22. The molecular formula is C31H62N2O6. The highest BCUT2D eigenvalue weighted by Gasteiger charge is 2.22. The molecule has 8 heteroatoms. The number of ether oxygens (including phenoxy) is 4. The van der Waals surface area contributed by atoms with Crippen molar-refractivity contribution in [3.63, 3.8) is 0 Å². The minimum atomic E-state index is -0.312. The average Bonchev–Trinajstić information content (AvgIpc) is 2.90. The van der Waals surface area contributed by atoms with Gasteiger partial charge < -0.3 is 28.7 Å². The molecule has 0 radical (unpaired) electrons. The smallest absolute Gasteiger partial charge is 0.248 e. The first-order chi connectivity index (χ1) is 18.8. The lowest BCUT2D eigenvalue weighted by molar-refractivity contribution is -0.140. The predicted octanol–water partition coefficient (Wildman–Crippen LogP) is 5.72. The van der Waals surface area contributed by atoms with Crippen molar-refractivity contribution in [3.05, 3.63) is 0 Å². The Kier molecular flexibility index (Phi) is 24.9. The van der Waals surface area contributed by atoms with E-state index in [9.17, 15) is 9.59 Å². The van der Waals surface area contributed by atoms with E-state index in [-0.39, 0.29) is 30.4 Å². The second kappa shape index (κ2) is 25.7. The van der Waals surface area contributed by atoms with Crippen molar-refractivity contribution in [2.75, 3.05) is 79.0 Å². The van der Waals surface area contributed by atoms with Gasteiger partial charge in [-0.05, 0) is 26.7 Å². The van der Waals surface area contributed by atoms with E-state index < -0.39 is 0 Å². The van der Waals surface area contributed by atoms with Crippen LogP contribution in [0.25, 0.3) is 0 Å². The Morgan fingerprint density at radius 2 is 0.923 bits per heavy atom. The highest BCUT2D eigenvalue weighted by molar-refractivity contribution is 5.77. The molecule has 0 aromatic carbocycles. The third-order valence-electron chi connectivity index (χ3n) is 6.62. The summed E-state index contributed by atoms with van der Waals surface area (Å²) in [4.78, 5) is 29.4. The number of carbonyl (C=O) groups is 2. The first-order valence-electron chi connectivity index (χ1n) is 15.7. The van der Waals surface area contributed by atoms with Crippen LogP contribution in [0.3, 0.4) is 0 Å². The van der Waals surface area contributed by atoms with Crippen molar-refractivity contribution >= 4 is 11.8 Å². The van der Waals surface area contributed by atoms with E-state index in [1.807, 2.05) is 37.5 Å². The van der Waals surface area contributed by atoms with Crippen LogP contribution in [0.5, 0.6) is 0 Å². The van der Waals surface area contributed by atoms with Gasteiger partial charge in [-0.3, -0.25) is 9.59 Å². The van der Waals surface area contributed by atoms with E-state index in [1.54, 1.807) is 0 Å². The van der Waals surface area contributed by atoms with Gasteiger partial charge in [0.1, 0.15) is 13.2 Å². The van der Waals surface area contributed by atoms with Gasteiger partial charge in [-0.1, -0.05) is 79.1 Å². The Labute approximate surface area is 240 Å². The molecule has 0 spiro atoms. The molecule has 0 heterocycles. The lowest BCUT2D eigenvalue weighted by atomic mass is 9.96. The van der Waals surface area contributed by atoms with Crippen molar-refractivity contribution in [1.29, 1.82) is 0 Å². The third-order valence-corrected chi connectivity index (χ3v) is 6.62. The minimum absolute atomic E-state index is 0.000896. The van der Waals surface area contributed by atoms with Crippen LogP contribution in [0.2, 0.25) is 0 Å². The number of rotatable bonds is 28. The molecule has 0 bridgehead atoms. The van der Waals surface area contributed by atoms with E-state index in [0.29, 0.717) is 52.7 Å². The maximum Gasteiger partial charge on any atom is 0.248 e. The number of hydrogen-bond acceptors (Lipinski definition) is 6. The van der Waals surface area contributed by atoms with Crippen LogP contribution in [-0.2, 0) is 28.5 Å². The SMILES string of the molecule is CCCCCCCN(CCOCC)C(=O)COCC(C)(C)COCC(=O)N(CCCCCCC)CCOCC. The molecule has 0 aromatic heterocycles. The summed E-state index contributed by atoms with van der Waals surface area (Å²) in [6, 6.07) is 0. The molecule has 0 aliphatic rings. The summed E-state index contributed by atoms with van der Waals surface area (Å²) in [5.41, 5.74) is -0.312. The minimum Gasteiger partial charge on any atom is -0.380 e. The van der Waals surface area contributed by atoms with Crippen LogP contribution in [0.1, 0.15) is 106 Å². The highest BCUT2D eigenvalue weighted by Crippen LogP contribution is 2.16. The molecule has 0 aromatic rings. The van der Waals surface area contributed by atoms with Crippen LogP contribution in [0.15, 0.2) is 0 Å². The summed E-state index contributed by atoms with van der Waals surface area (Å²) < 4.78 is 22.6. The molecule has 0 fully saturated rings. The maximum atomic E-state index is 12.8. The third kappa shape index (κ3) is 22.2. The molecule has 0 atom stereocenters. The van der Waals surface area contributed by atoms with E-state index >= 15 is 0 Å². The molecule has 0 saturated heterocycles. The topological polar surface area (TPSA) is 77.5 Å². The fourth-order valence-electron chi connectivity index (χ4n) is 4.23. The molecular weight excluding hydrogens is 496 g/mol. The Bertz CT molecular complexity index is 539. The Balaban J connectivity index is 4.51. The van der Waals surface area contributed by atoms with Crippen LogP contribution in [0.4, 0.5) is 0 Å². The van der Waals surface area contributed by atoms with Crippen LogP contribution in [0, 0.1) is 5.41 Å². The molecule has 0 N–H and O–H groups in total. The molecule has 0 aliphatic heterocycles. The van der Waals surface area contributed by atoms with Gasteiger partial charge in [-0.2, -0.15) is 0 Å². The largest absolute Gasteiger partial charge is 0.380 e. The van der Waals surface area contributed by atoms with Crippen molar-refractivity contribution in [3.8, 4) is 0 Å². The van der Waals surface area contributed by atoms with Gasteiger partial charge in [0.05, 0.1) is 26.4 Å². The summed E-state index contributed by atoms with van der Waals surface area (Å²) in [6.07, 6.45) is 11.6. The lowest BCUT2D eigenvalue weighted by Crippen LogP contribution is -2.39. The van der Waals surface area contributed by atoms with E-state index in [1.165, 1.54) is 38.5 Å². The van der Waals surface area contributed by atoms with Gasteiger partial charge in [0, 0.05) is 44.8 Å². The first kappa shape index (κ1) is 37.8. The van der Waals surface area contributed by atoms with Crippen molar-refractivity contribution in [1.82, 2.24) is 9.80 Å². The highest BCUT2D eigenvalue weighted by atomic mass is 16.5. The average molecular weight is 559 g/mol. The Morgan fingerprint density at radius 1 is 0.538 bits per heavy atom. The van der Waals surface area contributed by atoms with Gasteiger partial charge in [0.2, 0.25) is 11.8 Å². The monoisotopic (exact) mass is 558 g/mol. The van der Waals surface area contributed by atoms with Gasteiger partial charge in [0.25, 0.3) is 0 Å². The summed E-state index contributed by atoms with van der Waals surface area (Å²) in [7, 11) is 0. The van der Waals surface area contributed by atoms with Crippen molar-refractivity contribution in [2.45, 2.75) is 106 Å².